The van der Waals surface area contributed by atoms with E-state index in [2.05, 4.69) is 20.1 Å². The van der Waals surface area contributed by atoms with E-state index in [1.165, 1.54) is 0 Å². The second kappa shape index (κ2) is 5.98. The fourth-order valence-corrected chi connectivity index (χ4v) is 2.75. The van der Waals surface area contributed by atoms with Crippen molar-refractivity contribution in [3.8, 4) is 0 Å². The molecule has 0 bridgehead atoms. The molecule has 2 aromatic heterocycles. The zero-order valence-corrected chi connectivity index (χ0v) is 13.0. The van der Waals surface area contributed by atoms with Crippen molar-refractivity contribution < 1.29 is 9.05 Å². The lowest BCUT2D eigenvalue weighted by Gasteiger charge is -2.34. The van der Waals surface area contributed by atoms with Crippen LogP contribution in [-0.4, -0.2) is 46.3 Å². The maximum absolute atomic E-state index is 5.81. The Morgan fingerprint density at radius 2 is 1.18 bits per heavy atom. The molecule has 0 radical (unpaired) electrons. The standard InChI is InChI=1S/C14H22N6O2/c1-9-11(13(15)21-17-9)7-19-3-5-20(6-4-19)8-12-10(2)18-22-14(12)16/h3-8,15-16H2,1-2H3. The van der Waals surface area contributed by atoms with E-state index in [1.54, 1.807) is 0 Å². The first-order chi connectivity index (χ1) is 10.5. The van der Waals surface area contributed by atoms with Gasteiger partial charge in [0, 0.05) is 39.3 Å². The van der Waals surface area contributed by atoms with E-state index in [0.29, 0.717) is 11.8 Å². The third kappa shape index (κ3) is 2.93. The highest BCUT2D eigenvalue weighted by Gasteiger charge is 2.22. The zero-order chi connectivity index (χ0) is 15.7. The Morgan fingerprint density at radius 1 is 0.818 bits per heavy atom. The van der Waals surface area contributed by atoms with E-state index in [0.717, 1.165) is 61.8 Å². The molecule has 0 aromatic carbocycles. The lowest BCUT2D eigenvalue weighted by atomic mass is 10.2. The SMILES string of the molecule is Cc1noc(N)c1CN1CCN(Cc2c(C)noc2N)CC1. The molecule has 120 valence electrons. The number of piperazine rings is 1. The van der Waals surface area contributed by atoms with E-state index in [4.69, 9.17) is 20.5 Å². The molecular weight excluding hydrogens is 284 g/mol. The van der Waals surface area contributed by atoms with Crippen LogP contribution in [0.5, 0.6) is 0 Å². The van der Waals surface area contributed by atoms with Crippen molar-refractivity contribution >= 4 is 11.8 Å². The average Bonchev–Trinajstić information content (AvgIpc) is 2.99. The van der Waals surface area contributed by atoms with E-state index < -0.39 is 0 Å². The average molecular weight is 306 g/mol. The molecule has 1 aliphatic rings. The summed E-state index contributed by atoms with van der Waals surface area (Å²) in [6, 6.07) is 0. The molecule has 8 nitrogen and oxygen atoms in total. The van der Waals surface area contributed by atoms with Crippen molar-refractivity contribution in [2.24, 2.45) is 0 Å². The number of nitrogens with zero attached hydrogens (tertiary/aromatic N) is 4. The number of anilines is 2. The maximum atomic E-state index is 5.81. The number of hydrogen-bond acceptors (Lipinski definition) is 8. The minimum absolute atomic E-state index is 0.424. The van der Waals surface area contributed by atoms with Crippen molar-refractivity contribution in [3.05, 3.63) is 22.5 Å². The molecular formula is C14H22N6O2. The summed E-state index contributed by atoms with van der Waals surface area (Å²) in [6.45, 7) is 9.27. The summed E-state index contributed by atoms with van der Waals surface area (Å²) < 4.78 is 10.0. The van der Waals surface area contributed by atoms with Crippen molar-refractivity contribution in [3.63, 3.8) is 0 Å². The van der Waals surface area contributed by atoms with Gasteiger partial charge in [0.1, 0.15) is 0 Å². The summed E-state index contributed by atoms with van der Waals surface area (Å²) in [5.41, 5.74) is 15.3. The van der Waals surface area contributed by atoms with Crippen molar-refractivity contribution in [2.45, 2.75) is 26.9 Å². The number of nitrogens with two attached hydrogens (primary N) is 2. The van der Waals surface area contributed by atoms with Gasteiger partial charge in [-0.25, -0.2) is 0 Å². The van der Waals surface area contributed by atoms with Crippen LogP contribution < -0.4 is 11.5 Å². The van der Waals surface area contributed by atoms with E-state index in [1.807, 2.05) is 13.8 Å². The van der Waals surface area contributed by atoms with Gasteiger partial charge in [-0.2, -0.15) is 0 Å². The molecule has 4 N–H and O–H groups in total. The van der Waals surface area contributed by atoms with Gasteiger partial charge in [-0.05, 0) is 13.8 Å². The third-order valence-electron chi connectivity index (χ3n) is 4.26. The topological polar surface area (TPSA) is 111 Å². The molecule has 0 aliphatic carbocycles. The highest BCUT2D eigenvalue weighted by Crippen LogP contribution is 2.21. The van der Waals surface area contributed by atoms with Crippen LogP contribution >= 0.6 is 0 Å². The fourth-order valence-electron chi connectivity index (χ4n) is 2.75. The van der Waals surface area contributed by atoms with E-state index in [-0.39, 0.29) is 0 Å². The normalized spacial score (nSPS) is 17.2. The predicted octanol–water partition coefficient (Wildman–Crippen LogP) is 0.762. The third-order valence-corrected chi connectivity index (χ3v) is 4.26. The molecule has 22 heavy (non-hydrogen) atoms. The lowest BCUT2D eigenvalue weighted by Crippen LogP contribution is -2.45. The van der Waals surface area contributed by atoms with Gasteiger partial charge in [-0.3, -0.25) is 9.80 Å². The number of aryl methyl sites for hydroxylation is 2. The Balaban J connectivity index is 1.55. The van der Waals surface area contributed by atoms with Gasteiger partial charge >= 0.3 is 0 Å². The summed E-state index contributed by atoms with van der Waals surface area (Å²) in [7, 11) is 0. The molecule has 0 amide bonds. The lowest BCUT2D eigenvalue weighted by molar-refractivity contribution is 0.122. The Kier molecular flexibility index (Phi) is 4.04. The van der Waals surface area contributed by atoms with Crippen LogP contribution in [0.1, 0.15) is 22.5 Å². The Bertz CT molecular complexity index is 547. The smallest absolute Gasteiger partial charge is 0.226 e. The van der Waals surface area contributed by atoms with Crippen LogP contribution in [0.2, 0.25) is 0 Å². The second-order valence-electron chi connectivity index (χ2n) is 5.77. The first kappa shape index (κ1) is 14.9. The van der Waals surface area contributed by atoms with Gasteiger partial charge in [0.15, 0.2) is 0 Å². The van der Waals surface area contributed by atoms with Crippen LogP contribution in [0.25, 0.3) is 0 Å². The molecule has 0 unspecified atom stereocenters. The first-order valence-electron chi connectivity index (χ1n) is 7.40. The van der Waals surface area contributed by atoms with Gasteiger partial charge in [-0.15, -0.1) is 0 Å². The fraction of sp³-hybridized carbons (Fsp3) is 0.571. The molecule has 8 heteroatoms. The Morgan fingerprint density at radius 3 is 1.45 bits per heavy atom. The molecule has 1 saturated heterocycles. The molecule has 3 rings (SSSR count). The molecule has 0 saturated carbocycles. The van der Waals surface area contributed by atoms with Crippen LogP contribution in [0.3, 0.4) is 0 Å². The number of hydrogen-bond donors (Lipinski definition) is 2. The summed E-state index contributed by atoms with van der Waals surface area (Å²) in [4.78, 5) is 4.71. The molecule has 0 atom stereocenters. The molecule has 2 aromatic rings. The van der Waals surface area contributed by atoms with Crippen LogP contribution in [0.15, 0.2) is 9.05 Å². The summed E-state index contributed by atoms with van der Waals surface area (Å²) in [5, 5.41) is 7.80. The first-order valence-corrected chi connectivity index (χ1v) is 7.40. The highest BCUT2D eigenvalue weighted by molar-refractivity contribution is 5.39. The Labute approximate surface area is 129 Å². The van der Waals surface area contributed by atoms with E-state index in [9.17, 15) is 0 Å². The Hall–Kier alpha value is -2.06. The van der Waals surface area contributed by atoms with Gasteiger partial charge in [0.2, 0.25) is 11.8 Å². The zero-order valence-electron chi connectivity index (χ0n) is 13.0. The van der Waals surface area contributed by atoms with Gasteiger partial charge in [0.05, 0.1) is 22.5 Å². The molecule has 1 aliphatic heterocycles. The van der Waals surface area contributed by atoms with Gasteiger partial charge < -0.3 is 20.5 Å². The minimum atomic E-state index is 0.424. The highest BCUT2D eigenvalue weighted by atomic mass is 16.5. The number of nitrogen functional groups attached to an aromatic ring is 2. The molecule has 0 spiro atoms. The van der Waals surface area contributed by atoms with Gasteiger partial charge in [-0.1, -0.05) is 10.3 Å². The maximum Gasteiger partial charge on any atom is 0.226 e. The van der Waals surface area contributed by atoms with Crippen LogP contribution in [-0.2, 0) is 13.1 Å². The molecule has 1 fully saturated rings. The quantitative estimate of drug-likeness (QED) is 0.852. The summed E-state index contributed by atoms with van der Waals surface area (Å²) in [6.07, 6.45) is 0. The predicted molar refractivity (Wildman–Crippen MR) is 81.9 cm³/mol. The monoisotopic (exact) mass is 306 g/mol. The number of aromatic nitrogens is 2. The van der Waals surface area contributed by atoms with Crippen molar-refractivity contribution in [1.29, 1.82) is 0 Å². The molecule has 3 heterocycles. The van der Waals surface area contributed by atoms with Crippen LogP contribution in [0.4, 0.5) is 11.8 Å². The van der Waals surface area contributed by atoms with E-state index >= 15 is 0 Å². The summed E-state index contributed by atoms with van der Waals surface area (Å²) in [5.74, 6) is 0.848. The summed E-state index contributed by atoms with van der Waals surface area (Å²) >= 11 is 0. The minimum Gasteiger partial charge on any atom is -0.367 e. The van der Waals surface area contributed by atoms with Crippen molar-refractivity contribution in [2.75, 3.05) is 37.6 Å². The van der Waals surface area contributed by atoms with Crippen molar-refractivity contribution in [1.82, 2.24) is 20.1 Å². The van der Waals surface area contributed by atoms with Crippen LogP contribution in [0, 0.1) is 13.8 Å². The second-order valence-corrected chi connectivity index (χ2v) is 5.77. The number of rotatable bonds is 4. The van der Waals surface area contributed by atoms with Gasteiger partial charge in [0.25, 0.3) is 0 Å². The largest absolute Gasteiger partial charge is 0.367 e.